The van der Waals surface area contributed by atoms with E-state index >= 15 is 0 Å². The monoisotopic (exact) mass is 286 g/mol. The Morgan fingerprint density at radius 1 is 1.19 bits per heavy atom. The molecule has 0 fully saturated rings. The molecule has 2 amide bonds. The summed E-state index contributed by atoms with van der Waals surface area (Å²) in [7, 11) is 2.86. The van der Waals surface area contributed by atoms with E-state index in [0.717, 1.165) is 5.06 Å². The van der Waals surface area contributed by atoms with E-state index in [2.05, 4.69) is 15.3 Å². The molecule has 0 aromatic carbocycles. The minimum atomic E-state index is -0.390. The van der Waals surface area contributed by atoms with Crippen molar-refractivity contribution in [2.75, 3.05) is 19.5 Å². The minimum Gasteiger partial charge on any atom is -0.322 e. The molecule has 0 aliphatic carbocycles. The first-order chi connectivity index (χ1) is 10.1. The Morgan fingerprint density at radius 2 is 1.90 bits per heavy atom. The number of hydrogen-bond donors (Lipinski definition) is 1. The highest BCUT2D eigenvalue weighted by molar-refractivity contribution is 6.04. The molecule has 0 aliphatic rings. The molecule has 2 aromatic heterocycles. The van der Waals surface area contributed by atoms with Gasteiger partial charge in [0.05, 0.1) is 12.7 Å². The predicted molar refractivity (Wildman–Crippen MR) is 75.5 cm³/mol. The van der Waals surface area contributed by atoms with E-state index in [9.17, 15) is 9.59 Å². The summed E-state index contributed by atoms with van der Waals surface area (Å²) >= 11 is 0. The number of carbonyl (C=O) groups excluding carboxylic acids is 2. The molecule has 0 bridgehead atoms. The Morgan fingerprint density at radius 3 is 2.48 bits per heavy atom. The molecule has 0 radical (unpaired) electrons. The zero-order valence-electron chi connectivity index (χ0n) is 11.6. The third-order valence-corrected chi connectivity index (χ3v) is 2.74. The van der Waals surface area contributed by atoms with Crippen LogP contribution in [0.25, 0.3) is 0 Å². The van der Waals surface area contributed by atoms with Gasteiger partial charge in [0.2, 0.25) is 0 Å². The molecule has 1 N–H and O–H groups in total. The summed E-state index contributed by atoms with van der Waals surface area (Å²) in [5, 5.41) is 3.76. The van der Waals surface area contributed by atoms with Gasteiger partial charge in [-0.15, -0.1) is 0 Å². The van der Waals surface area contributed by atoms with Crippen LogP contribution in [0.15, 0.2) is 42.9 Å². The highest BCUT2D eigenvalue weighted by Gasteiger charge is 2.14. The van der Waals surface area contributed by atoms with Gasteiger partial charge in [0, 0.05) is 31.3 Å². The second-order valence-electron chi connectivity index (χ2n) is 4.11. The van der Waals surface area contributed by atoms with Gasteiger partial charge in [0.25, 0.3) is 11.8 Å². The number of amides is 2. The van der Waals surface area contributed by atoms with Crippen molar-refractivity contribution in [2.24, 2.45) is 0 Å². The molecule has 0 aliphatic heterocycles. The maximum atomic E-state index is 12.0. The summed E-state index contributed by atoms with van der Waals surface area (Å²) in [5.41, 5.74) is 1.18. The van der Waals surface area contributed by atoms with Gasteiger partial charge in [0.15, 0.2) is 0 Å². The van der Waals surface area contributed by atoms with Crippen LogP contribution in [0, 0.1) is 0 Å². The summed E-state index contributed by atoms with van der Waals surface area (Å²) < 4.78 is 0. The average Bonchev–Trinajstić information content (AvgIpc) is 2.54. The van der Waals surface area contributed by atoms with Crippen LogP contribution in [0.4, 0.5) is 5.69 Å². The van der Waals surface area contributed by atoms with E-state index in [4.69, 9.17) is 4.84 Å². The van der Waals surface area contributed by atoms with Crippen molar-refractivity contribution in [3.8, 4) is 0 Å². The van der Waals surface area contributed by atoms with Crippen molar-refractivity contribution in [2.45, 2.75) is 0 Å². The Hall–Kier alpha value is -2.80. The lowest BCUT2D eigenvalue weighted by molar-refractivity contribution is -0.0760. The summed E-state index contributed by atoms with van der Waals surface area (Å²) in [6.45, 7) is 0. The fourth-order valence-electron chi connectivity index (χ4n) is 1.54. The normalized spacial score (nSPS) is 10.0. The van der Waals surface area contributed by atoms with Gasteiger partial charge in [-0.2, -0.15) is 0 Å². The molecular weight excluding hydrogens is 272 g/mol. The second kappa shape index (κ2) is 6.58. The van der Waals surface area contributed by atoms with Gasteiger partial charge < -0.3 is 5.32 Å². The molecule has 0 atom stereocenters. The summed E-state index contributed by atoms with van der Waals surface area (Å²) in [6, 6.07) is 6.35. The topological polar surface area (TPSA) is 84.4 Å². The van der Waals surface area contributed by atoms with Gasteiger partial charge in [-0.3, -0.25) is 24.4 Å². The Kier molecular flexibility index (Phi) is 4.57. The summed E-state index contributed by atoms with van der Waals surface area (Å²) in [6.07, 6.45) is 4.50. The third-order valence-electron chi connectivity index (χ3n) is 2.74. The van der Waals surface area contributed by atoms with Crippen molar-refractivity contribution in [1.82, 2.24) is 15.0 Å². The Bertz CT molecular complexity index is 628. The van der Waals surface area contributed by atoms with Crippen LogP contribution in [0.1, 0.15) is 20.8 Å². The van der Waals surface area contributed by atoms with E-state index in [0.29, 0.717) is 11.3 Å². The van der Waals surface area contributed by atoms with Crippen LogP contribution < -0.4 is 5.32 Å². The predicted octanol–water partition coefficient (Wildman–Crippen LogP) is 1.36. The molecule has 21 heavy (non-hydrogen) atoms. The lowest BCUT2D eigenvalue weighted by Crippen LogP contribution is -2.26. The molecule has 0 saturated carbocycles. The smallest absolute Gasteiger partial charge is 0.295 e. The zero-order chi connectivity index (χ0) is 15.2. The van der Waals surface area contributed by atoms with Crippen molar-refractivity contribution in [1.29, 1.82) is 0 Å². The number of nitrogens with zero attached hydrogens (tertiary/aromatic N) is 3. The minimum absolute atomic E-state index is 0.194. The molecule has 0 saturated heterocycles. The van der Waals surface area contributed by atoms with Gasteiger partial charge in [-0.1, -0.05) is 0 Å². The van der Waals surface area contributed by atoms with Crippen molar-refractivity contribution in [3.63, 3.8) is 0 Å². The Balaban J connectivity index is 2.08. The second-order valence-corrected chi connectivity index (χ2v) is 4.11. The van der Waals surface area contributed by atoms with Crippen LogP contribution in [0.5, 0.6) is 0 Å². The molecule has 0 unspecified atom stereocenters. The SMILES string of the molecule is CON(C)C(=O)c1ccc(C(=O)Nc2ccncc2)cn1. The zero-order valence-corrected chi connectivity index (χ0v) is 11.6. The molecule has 7 heteroatoms. The van der Waals surface area contributed by atoms with E-state index in [1.807, 2.05) is 0 Å². The number of rotatable bonds is 4. The number of hydroxylamine groups is 2. The first-order valence-electron chi connectivity index (χ1n) is 6.11. The van der Waals surface area contributed by atoms with Crippen molar-refractivity contribution >= 4 is 17.5 Å². The molecular formula is C14H14N4O3. The fraction of sp³-hybridized carbons (Fsp3) is 0.143. The number of anilines is 1. The maximum Gasteiger partial charge on any atom is 0.295 e. The molecule has 2 aromatic rings. The van der Waals surface area contributed by atoms with Crippen molar-refractivity contribution in [3.05, 3.63) is 54.1 Å². The number of aromatic nitrogens is 2. The van der Waals surface area contributed by atoms with E-state index in [1.54, 1.807) is 24.5 Å². The number of carbonyl (C=O) groups is 2. The molecule has 2 heterocycles. The summed E-state index contributed by atoms with van der Waals surface area (Å²) in [5.74, 6) is -0.702. The van der Waals surface area contributed by atoms with Gasteiger partial charge in [-0.25, -0.2) is 5.06 Å². The standard InChI is InChI=1S/C14H14N4O3/c1-18(21-2)14(20)12-4-3-10(9-16-12)13(19)17-11-5-7-15-8-6-11/h3-9H,1-2H3,(H,15,17,19). The number of nitrogens with one attached hydrogen (secondary N) is 1. The first-order valence-corrected chi connectivity index (χ1v) is 6.11. The lowest BCUT2D eigenvalue weighted by atomic mass is 10.2. The van der Waals surface area contributed by atoms with Gasteiger partial charge in [-0.05, 0) is 24.3 Å². The highest BCUT2D eigenvalue weighted by Crippen LogP contribution is 2.08. The van der Waals surface area contributed by atoms with Gasteiger partial charge >= 0.3 is 0 Å². The molecule has 0 spiro atoms. The van der Waals surface area contributed by atoms with Crippen LogP contribution >= 0.6 is 0 Å². The molecule has 108 valence electrons. The quantitative estimate of drug-likeness (QED) is 0.858. The largest absolute Gasteiger partial charge is 0.322 e. The average molecular weight is 286 g/mol. The third kappa shape index (κ3) is 3.61. The first kappa shape index (κ1) is 14.6. The maximum absolute atomic E-state index is 12.0. The van der Waals surface area contributed by atoms with Crippen LogP contribution in [0.3, 0.4) is 0 Å². The Labute approximate surface area is 121 Å². The molecule has 7 nitrogen and oxygen atoms in total. The highest BCUT2D eigenvalue weighted by atomic mass is 16.7. The van der Waals surface area contributed by atoms with Crippen molar-refractivity contribution < 1.29 is 14.4 Å². The summed E-state index contributed by atoms with van der Waals surface area (Å²) in [4.78, 5) is 36.4. The van der Waals surface area contributed by atoms with E-state index in [1.165, 1.54) is 32.5 Å². The number of pyridine rings is 2. The van der Waals surface area contributed by atoms with E-state index in [-0.39, 0.29) is 11.6 Å². The van der Waals surface area contributed by atoms with E-state index < -0.39 is 5.91 Å². The van der Waals surface area contributed by atoms with Crippen LogP contribution in [0.2, 0.25) is 0 Å². The van der Waals surface area contributed by atoms with Gasteiger partial charge in [0.1, 0.15) is 5.69 Å². The fourth-order valence-corrected chi connectivity index (χ4v) is 1.54. The molecule has 2 rings (SSSR count). The number of hydrogen-bond acceptors (Lipinski definition) is 5. The van der Waals surface area contributed by atoms with Crippen LogP contribution in [-0.2, 0) is 4.84 Å². The van der Waals surface area contributed by atoms with Crippen LogP contribution in [-0.4, -0.2) is 41.0 Å². The lowest BCUT2D eigenvalue weighted by Gasteiger charge is -2.12.